The fourth-order valence-corrected chi connectivity index (χ4v) is 1.45. The van der Waals surface area contributed by atoms with Gasteiger partial charge >= 0.3 is 0 Å². The molecule has 1 fully saturated rings. The van der Waals surface area contributed by atoms with Gasteiger partial charge in [-0.3, -0.25) is 10.7 Å². The molecule has 1 aliphatic rings. The monoisotopic (exact) mass is 175 g/mol. The molecular formula is C8H18FN3. The molecule has 0 bridgehead atoms. The molecule has 0 aromatic rings. The summed E-state index contributed by atoms with van der Waals surface area (Å²) < 4.78 is 12.7. The Hall–Kier alpha value is -0.190. The Kier molecular flexibility index (Phi) is 3.43. The molecule has 0 amide bonds. The maximum absolute atomic E-state index is 12.7. The maximum atomic E-state index is 12.7. The SMILES string of the molecule is CC(CN1CCC(F)C1)N(C)N. The zero-order valence-corrected chi connectivity index (χ0v) is 7.83. The summed E-state index contributed by atoms with van der Waals surface area (Å²) in [7, 11) is 1.84. The first-order chi connectivity index (χ1) is 5.59. The highest BCUT2D eigenvalue weighted by atomic mass is 19.1. The van der Waals surface area contributed by atoms with Crippen LogP contribution in [0, 0.1) is 0 Å². The zero-order valence-electron chi connectivity index (χ0n) is 7.83. The summed E-state index contributed by atoms with van der Waals surface area (Å²) in [5, 5.41) is 1.67. The molecule has 0 radical (unpaired) electrons. The van der Waals surface area contributed by atoms with Gasteiger partial charge in [-0.1, -0.05) is 0 Å². The highest BCUT2D eigenvalue weighted by Gasteiger charge is 2.23. The van der Waals surface area contributed by atoms with Gasteiger partial charge in [0.1, 0.15) is 6.17 Å². The lowest BCUT2D eigenvalue weighted by molar-refractivity contribution is 0.187. The van der Waals surface area contributed by atoms with E-state index >= 15 is 0 Å². The van der Waals surface area contributed by atoms with Gasteiger partial charge in [0, 0.05) is 32.7 Å². The predicted octanol–water partition coefficient (Wildman–Crippen LogP) is 0.224. The van der Waals surface area contributed by atoms with Crippen LogP contribution in [0.25, 0.3) is 0 Å². The van der Waals surface area contributed by atoms with Crippen LogP contribution in [0.3, 0.4) is 0 Å². The quantitative estimate of drug-likeness (QED) is 0.492. The molecule has 0 aromatic carbocycles. The zero-order chi connectivity index (χ0) is 9.14. The van der Waals surface area contributed by atoms with Crippen LogP contribution in [-0.4, -0.2) is 48.8 Å². The van der Waals surface area contributed by atoms with Gasteiger partial charge in [-0.05, 0) is 13.3 Å². The van der Waals surface area contributed by atoms with E-state index in [1.807, 2.05) is 14.0 Å². The van der Waals surface area contributed by atoms with E-state index in [2.05, 4.69) is 4.90 Å². The van der Waals surface area contributed by atoms with Gasteiger partial charge in [-0.15, -0.1) is 0 Å². The van der Waals surface area contributed by atoms with Gasteiger partial charge in [-0.25, -0.2) is 9.40 Å². The van der Waals surface area contributed by atoms with Crippen molar-refractivity contribution in [3.05, 3.63) is 0 Å². The molecule has 2 atom stereocenters. The first-order valence-electron chi connectivity index (χ1n) is 4.43. The minimum Gasteiger partial charge on any atom is -0.299 e. The third-order valence-electron chi connectivity index (χ3n) is 2.43. The highest BCUT2D eigenvalue weighted by Crippen LogP contribution is 2.12. The number of alkyl halides is 1. The number of hydrazine groups is 1. The van der Waals surface area contributed by atoms with E-state index in [4.69, 9.17) is 5.84 Å². The maximum Gasteiger partial charge on any atom is 0.114 e. The van der Waals surface area contributed by atoms with Crippen LogP contribution in [0.1, 0.15) is 13.3 Å². The topological polar surface area (TPSA) is 32.5 Å². The molecule has 1 heterocycles. The van der Waals surface area contributed by atoms with E-state index < -0.39 is 6.17 Å². The molecule has 72 valence electrons. The summed E-state index contributed by atoms with van der Waals surface area (Å²) >= 11 is 0. The van der Waals surface area contributed by atoms with Crippen molar-refractivity contribution in [3.63, 3.8) is 0 Å². The van der Waals surface area contributed by atoms with E-state index in [0.29, 0.717) is 19.0 Å². The molecular weight excluding hydrogens is 157 g/mol. The van der Waals surface area contributed by atoms with Crippen molar-refractivity contribution in [1.82, 2.24) is 9.91 Å². The van der Waals surface area contributed by atoms with E-state index in [1.165, 1.54) is 0 Å². The predicted molar refractivity (Wildman–Crippen MR) is 47.4 cm³/mol. The van der Waals surface area contributed by atoms with Gasteiger partial charge in [-0.2, -0.15) is 0 Å². The summed E-state index contributed by atoms with van der Waals surface area (Å²) in [6.45, 7) is 4.37. The minimum atomic E-state index is -0.625. The van der Waals surface area contributed by atoms with Crippen LogP contribution in [0.5, 0.6) is 0 Å². The molecule has 1 aliphatic heterocycles. The molecule has 2 N–H and O–H groups in total. The second-order valence-corrected chi connectivity index (χ2v) is 3.66. The lowest BCUT2D eigenvalue weighted by atomic mass is 10.3. The standard InChI is InChI=1S/C8H18FN3/c1-7(11(2)10)5-12-4-3-8(9)6-12/h7-8H,3-6,10H2,1-2H3. The normalized spacial score (nSPS) is 28.2. The van der Waals surface area contributed by atoms with Crippen molar-refractivity contribution in [2.45, 2.75) is 25.6 Å². The first kappa shape index (κ1) is 9.89. The van der Waals surface area contributed by atoms with Crippen molar-refractivity contribution >= 4 is 0 Å². The lowest BCUT2D eigenvalue weighted by Gasteiger charge is -2.24. The Morgan fingerprint density at radius 1 is 1.75 bits per heavy atom. The van der Waals surface area contributed by atoms with E-state index in [1.54, 1.807) is 5.01 Å². The minimum absolute atomic E-state index is 0.301. The summed E-state index contributed by atoms with van der Waals surface area (Å²) in [6, 6.07) is 0.301. The number of likely N-dealkylation sites (N-methyl/N-ethyl adjacent to an activating group) is 1. The van der Waals surface area contributed by atoms with Crippen LogP contribution in [-0.2, 0) is 0 Å². The first-order valence-corrected chi connectivity index (χ1v) is 4.43. The number of likely N-dealkylation sites (tertiary alicyclic amines) is 1. The Labute approximate surface area is 73.3 Å². The van der Waals surface area contributed by atoms with Gasteiger partial charge in [0.15, 0.2) is 0 Å². The summed E-state index contributed by atoms with van der Waals surface area (Å²) in [5.74, 6) is 5.56. The second kappa shape index (κ2) is 4.16. The lowest BCUT2D eigenvalue weighted by Crippen LogP contribution is -2.43. The van der Waals surface area contributed by atoms with Crippen LogP contribution in [0.2, 0.25) is 0 Å². The molecule has 0 aromatic heterocycles. The summed E-state index contributed by atoms with van der Waals surface area (Å²) in [6.07, 6.45) is 0.0568. The molecule has 0 aliphatic carbocycles. The third-order valence-corrected chi connectivity index (χ3v) is 2.43. The number of nitrogens with two attached hydrogens (primary N) is 1. The van der Waals surface area contributed by atoms with Gasteiger partial charge in [0.25, 0.3) is 0 Å². The fourth-order valence-electron chi connectivity index (χ4n) is 1.45. The molecule has 3 nitrogen and oxygen atoms in total. The van der Waals surface area contributed by atoms with Crippen molar-refractivity contribution in [2.75, 3.05) is 26.7 Å². The van der Waals surface area contributed by atoms with E-state index in [0.717, 1.165) is 13.1 Å². The smallest absolute Gasteiger partial charge is 0.114 e. The number of nitrogens with zero attached hydrogens (tertiary/aromatic N) is 2. The van der Waals surface area contributed by atoms with E-state index in [-0.39, 0.29) is 0 Å². The Morgan fingerprint density at radius 2 is 2.42 bits per heavy atom. The van der Waals surface area contributed by atoms with Gasteiger partial charge < -0.3 is 0 Å². The Morgan fingerprint density at radius 3 is 2.83 bits per heavy atom. The number of hydrogen-bond acceptors (Lipinski definition) is 3. The van der Waals surface area contributed by atoms with Crippen LogP contribution in [0.4, 0.5) is 4.39 Å². The number of hydrogen-bond donors (Lipinski definition) is 1. The van der Waals surface area contributed by atoms with Crippen molar-refractivity contribution in [2.24, 2.45) is 5.84 Å². The van der Waals surface area contributed by atoms with Crippen molar-refractivity contribution in [3.8, 4) is 0 Å². The molecule has 0 spiro atoms. The average molecular weight is 175 g/mol. The summed E-state index contributed by atoms with van der Waals surface area (Å²) in [5.41, 5.74) is 0. The largest absolute Gasteiger partial charge is 0.299 e. The van der Waals surface area contributed by atoms with Crippen LogP contribution < -0.4 is 5.84 Å². The van der Waals surface area contributed by atoms with Gasteiger partial charge in [0.2, 0.25) is 0 Å². The van der Waals surface area contributed by atoms with Crippen LogP contribution in [0.15, 0.2) is 0 Å². The van der Waals surface area contributed by atoms with Crippen LogP contribution >= 0.6 is 0 Å². The Bertz CT molecular complexity index is 140. The van der Waals surface area contributed by atoms with Crippen molar-refractivity contribution < 1.29 is 4.39 Å². The van der Waals surface area contributed by atoms with Gasteiger partial charge in [0.05, 0.1) is 0 Å². The highest BCUT2D eigenvalue weighted by molar-refractivity contribution is 4.77. The number of rotatable bonds is 3. The number of halogens is 1. The molecule has 1 rings (SSSR count). The molecule has 0 saturated carbocycles. The fraction of sp³-hybridized carbons (Fsp3) is 1.00. The molecule has 2 unspecified atom stereocenters. The molecule has 4 heteroatoms. The molecule has 12 heavy (non-hydrogen) atoms. The summed E-state index contributed by atoms with van der Waals surface area (Å²) in [4.78, 5) is 2.12. The van der Waals surface area contributed by atoms with E-state index in [9.17, 15) is 4.39 Å². The Balaban J connectivity index is 2.23. The van der Waals surface area contributed by atoms with Crippen molar-refractivity contribution in [1.29, 1.82) is 0 Å². The second-order valence-electron chi connectivity index (χ2n) is 3.66. The molecule has 1 saturated heterocycles. The third kappa shape index (κ3) is 2.69. The average Bonchev–Trinajstić information content (AvgIpc) is 2.35.